The van der Waals surface area contributed by atoms with Crippen molar-refractivity contribution in [3.8, 4) is 11.5 Å². The van der Waals surface area contributed by atoms with Gasteiger partial charge in [-0.1, -0.05) is 48.7 Å². The second-order valence-electron chi connectivity index (χ2n) is 6.43. The van der Waals surface area contributed by atoms with Gasteiger partial charge >= 0.3 is 0 Å². The van der Waals surface area contributed by atoms with Crippen molar-refractivity contribution >= 4 is 52.3 Å². The Kier molecular flexibility index (Phi) is 9.84. The van der Waals surface area contributed by atoms with Crippen LogP contribution in [0.4, 0.5) is 0 Å². The zero-order valence-electron chi connectivity index (χ0n) is 17.0. The van der Waals surface area contributed by atoms with Crippen LogP contribution in [0.2, 0.25) is 10.0 Å². The van der Waals surface area contributed by atoms with E-state index < -0.39 is 17.9 Å². The van der Waals surface area contributed by atoms with E-state index in [0.29, 0.717) is 28.7 Å². The van der Waals surface area contributed by atoms with E-state index in [1.807, 2.05) is 0 Å². The van der Waals surface area contributed by atoms with Crippen LogP contribution in [-0.4, -0.2) is 29.6 Å². The number of nitrogens with one attached hydrogen (secondary N) is 3. The van der Waals surface area contributed by atoms with Crippen LogP contribution in [0.15, 0.2) is 42.5 Å². The van der Waals surface area contributed by atoms with E-state index in [4.69, 9.17) is 44.9 Å². The molecule has 0 saturated heterocycles. The van der Waals surface area contributed by atoms with Crippen LogP contribution in [0.25, 0.3) is 0 Å². The first-order chi connectivity index (χ1) is 14.8. The second-order valence-corrected chi connectivity index (χ2v) is 7.68. The number of carbonyl (C=O) groups excluding carboxylic acids is 2. The Morgan fingerprint density at radius 1 is 1.10 bits per heavy atom. The summed E-state index contributed by atoms with van der Waals surface area (Å²) in [6, 6.07) is 11.5. The number of rotatable bonds is 8. The lowest BCUT2D eigenvalue weighted by Crippen LogP contribution is -2.51. The van der Waals surface area contributed by atoms with Gasteiger partial charge in [0, 0.05) is 5.02 Å². The molecule has 31 heavy (non-hydrogen) atoms. The topological polar surface area (TPSA) is 88.7 Å². The van der Waals surface area contributed by atoms with Crippen molar-refractivity contribution in [2.45, 2.75) is 32.8 Å². The average molecular weight is 484 g/mol. The van der Waals surface area contributed by atoms with Crippen molar-refractivity contribution in [1.82, 2.24) is 16.2 Å². The first kappa shape index (κ1) is 24.7. The summed E-state index contributed by atoms with van der Waals surface area (Å²) in [4.78, 5) is 24.7. The number of hydrogen-bond acceptors (Lipinski definition) is 5. The van der Waals surface area contributed by atoms with Gasteiger partial charge in [-0.25, -0.2) is 0 Å². The monoisotopic (exact) mass is 483 g/mol. The highest BCUT2D eigenvalue weighted by Crippen LogP contribution is 2.28. The Bertz CT molecular complexity index is 943. The van der Waals surface area contributed by atoms with Crippen molar-refractivity contribution in [2.75, 3.05) is 6.61 Å². The van der Waals surface area contributed by atoms with Crippen molar-refractivity contribution in [3.05, 3.63) is 58.1 Å². The number of ether oxygens (including phenoxy) is 2. The lowest BCUT2D eigenvalue weighted by atomic mass is 10.2. The Hall–Kier alpha value is -2.55. The van der Waals surface area contributed by atoms with Crippen molar-refractivity contribution in [1.29, 1.82) is 0 Å². The van der Waals surface area contributed by atoms with Gasteiger partial charge in [-0.3, -0.25) is 25.8 Å². The first-order valence-electron chi connectivity index (χ1n) is 9.56. The number of thiocarbonyl (C=S) groups is 1. The van der Waals surface area contributed by atoms with Gasteiger partial charge in [0.05, 0.1) is 17.2 Å². The Morgan fingerprint density at radius 3 is 2.55 bits per heavy atom. The summed E-state index contributed by atoms with van der Waals surface area (Å²) in [7, 11) is 0. The molecule has 10 heteroatoms. The fourth-order valence-corrected chi connectivity index (χ4v) is 2.94. The van der Waals surface area contributed by atoms with Gasteiger partial charge in [0.1, 0.15) is 11.5 Å². The molecule has 166 valence electrons. The minimum atomic E-state index is -0.891. The van der Waals surface area contributed by atoms with Crippen LogP contribution in [0, 0.1) is 0 Å². The largest absolute Gasteiger partial charge is 0.493 e. The normalized spacial score (nSPS) is 11.2. The molecule has 0 aliphatic carbocycles. The minimum absolute atomic E-state index is 0.0848. The summed E-state index contributed by atoms with van der Waals surface area (Å²) >= 11 is 17.0. The van der Waals surface area contributed by atoms with Gasteiger partial charge < -0.3 is 9.47 Å². The van der Waals surface area contributed by atoms with E-state index in [0.717, 1.165) is 12.8 Å². The summed E-state index contributed by atoms with van der Waals surface area (Å²) in [5, 5.41) is 3.15. The molecule has 2 rings (SSSR count). The highest BCUT2D eigenvalue weighted by Gasteiger charge is 2.18. The molecule has 7 nitrogen and oxygen atoms in total. The van der Waals surface area contributed by atoms with Crippen molar-refractivity contribution in [2.24, 2.45) is 0 Å². The van der Waals surface area contributed by atoms with Crippen LogP contribution in [0.3, 0.4) is 0 Å². The molecular formula is C21H23Cl2N3O4S. The van der Waals surface area contributed by atoms with Gasteiger partial charge in [-0.2, -0.15) is 0 Å². The van der Waals surface area contributed by atoms with E-state index >= 15 is 0 Å². The standard InChI is InChI=1S/C21H23Cl2N3O4S/c1-3-4-11-29-17-8-6-5-7-15(17)20(28)24-21(31)26-25-19(27)13(2)30-18-10-9-14(22)12-16(18)23/h5-10,12-13H,3-4,11H2,1-2H3,(H,25,27)(H2,24,26,28,31). The van der Waals surface area contributed by atoms with E-state index in [-0.39, 0.29) is 10.1 Å². The molecule has 0 spiro atoms. The summed E-state index contributed by atoms with van der Waals surface area (Å²) in [6.07, 6.45) is 0.968. The maximum atomic E-state index is 12.5. The fourth-order valence-electron chi connectivity index (χ4n) is 2.34. The number of benzene rings is 2. The molecule has 0 aliphatic rings. The van der Waals surface area contributed by atoms with Crippen LogP contribution in [0.5, 0.6) is 11.5 Å². The Labute approximate surface area is 196 Å². The number of hydrogen-bond donors (Lipinski definition) is 3. The van der Waals surface area contributed by atoms with Gasteiger partial charge in [0.2, 0.25) is 0 Å². The van der Waals surface area contributed by atoms with Crippen molar-refractivity contribution < 1.29 is 19.1 Å². The molecule has 2 aromatic rings. The van der Waals surface area contributed by atoms with E-state index in [1.165, 1.54) is 13.0 Å². The Morgan fingerprint density at radius 2 is 1.84 bits per heavy atom. The second kappa shape index (κ2) is 12.3. The number of para-hydroxylation sites is 1. The summed E-state index contributed by atoms with van der Waals surface area (Å²) in [6.45, 7) is 4.10. The fraction of sp³-hybridized carbons (Fsp3) is 0.286. The molecule has 0 radical (unpaired) electrons. The molecular weight excluding hydrogens is 461 g/mol. The predicted octanol–water partition coefficient (Wildman–Crippen LogP) is 4.28. The number of carbonyl (C=O) groups is 2. The maximum absolute atomic E-state index is 12.5. The predicted molar refractivity (Wildman–Crippen MR) is 125 cm³/mol. The smallest absolute Gasteiger partial charge is 0.279 e. The molecule has 3 N–H and O–H groups in total. The maximum Gasteiger partial charge on any atom is 0.279 e. The summed E-state index contributed by atoms with van der Waals surface area (Å²) < 4.78 is 11.2. The van der Waals surface area contributed by atoms with Crippen molar-refractivity contribution in [3.63, 3.8) is 0 Å². The third kappa shape index (κ3) is 7.90. The van der Waals surface area contributed by atoms with Crippen LogP contribution < -0.4 is 25.6 Å². The Balaban J connectivity index is 1.85. The number of unbranched alkanes of at least 4 members (excludes halogenated alkanes) is 1. The van der Waals surface area contributed by atoms with Gasteiger partial charge in [0.15, 0.2) is 11.2 Å². The zero-order chi connectivity index (χ0) is 22.8. The van der Waals surface area contributed by atoms with Gasteiger partial charge in [-0.15, -0.1) is 0 Å². The van der Waals surface area contributed by atoms with E-state index in [9.17, 15) is 9.59 Å². The third-order valence-electron chi connectivity index (χ3n) is 3.98. The van der Waals surface area contributed by atoms with Crippen LogP contribution in [0.1, 0.15) is 37.0 Å². The molecule has 0 heterocycles. The van der Waals surface area contributed by atoms with E-state index in [2.05, 4.69) is 23.1 Å². The van der Waals surface area contributed by atoms with Crippen LogP contribution in [-0.2, 0) is 4.79 Å². The average Bonchev–Trinajstić information content (AvgIpc) is 2.74. The summed E-state index contributed by atoms with van der Waals surface area (Å²) in [5.74, 6) is -0.214. The van der Waals surface area contributed by atoms with Crippen LogP contribution >= 0.6 is 35.4 Å². The van der Waals surface area contributed by atoms with Gasteiger partial charge in [0.25, 0.3) is 11.8 Å². The molecule has 0 bridgehead atoms. The highest BCUT2D eigenvalue weighted by molar-refractivity contribution is 7.80. The molecule has 0 saturated carbocycles. The summed E-state index contributed by atoms with van der Waals surface area (Å²) in [5.41, 5.74) is 5.18. The highest BCUT2D eigenvalue weighted by atomic mass is 35.5. The lowest BCUT2D eigenvalue weighted by molar-refractivity contribution is -0.127. The zero-order valence-corrected chi connectivity index (χ0v) is 19.4. The number of hydrazine groups is 1. The molecule has 0 aromatic heterocycles. The molecule has 0 aliphatic heterocycles. The van der Waals surface area contributed by atoms with Gasteiger partial charge in [-0.05, 0) is 55.9 Å². The SMILES string of the molecule is CCCCOc1ccccc1C(=O)NC(=S)NNC(=O)C(C)Oc1ccc(Cl)cc1Cl. The lowest BCUT2D eigenvalue weighted by Gasteiger charge is -2.17. The number of amides is 2. The molecule has 2 aromatic carbocycles. The molecule has 1 unspecified atom stereocenters. The first-order valence-corrected chi connectivity index (χ1v) is 10.7. The quantitative estimate of drug-likeness (QED) is 0.295. The molecule has 0 fully saturated rings. The third-order valence-corrected chi connectivity index (χ3v) is 4.71. The van der Waals surface area contributed by atoms with E-state index in [1.54, 1.807) is 36.4 Å². The molecule has 1 atom stereocenters. The molecule has 2 amide bonds. The number of halogens is 2. The minimum Gasteiger partial charge on any atom is -0.493 e.